The van der Waals surface area contributed by atoms with Gasteiger partial charge in [-0.1, -0.05) is 0 Å². The number of hydrogen-bond donors (Lipinski definition) is 2. The van der Waals surface area contributed by atoms with Crippen molar-refractivity contribution in [3.63, 3.8) is 0 Å². The van der Waals surface area contributed by atoms with Crippen LogP contribution in [0.15, 0.2) is 16.7 Å². The normalized spacial score (nSPS) is 12.7. The standard InChI is InChI=1S/C13H23N3O4/c1-10(8-19-3)16(4-5-18-2)7-12-6-11(9-20-12)13(17)15-14/h6,9-10H,4-5,7-8,14H2,1-3H3,(H,15,17). The summed E-state index contributed by atoms with van der Waals surface area (Å²) in [5.41, 5.74) is 2.48. The highest BCUT2D eigenvalue weighted by atomic mass is 16.5. The summed E-state index contributed by atoms with van der Waals surface area (Å²) in [4.78, 5) is 13.5. The van der Waals surface area contributed by atoms with Crippen molar-refractivity contribution in [3.8, 4) is 0 Å². The zero-order chi connectivity index (χ0) is 15.0. The van der Waals surface area contributed by atoms with Gasteiger partial charge >= 0.3 is 0 Å². The van der Waals surface area contributed by atoms with Gasteiger partial charge in [0.2, 0.25) is 0 Å². The smallest absolute Gasteiger partial charge is 0.268 e. The number of carbonyl (C=O) groups is 1. The average molecular weight is 285 g/mol. The van der Waals surface area contributed by atoms with E-state index in [0.29, 0.717) is 31.1 Å². The van der Waals surface area contributed by atoms with Gasteiger partial charge in [0.15, 0.2) is 0 Å². The second-order valence-electron chi connectivity index (χ2n) is 4.54. The summed E-state index contributed by atoms with van der Waals surface area (Å²) >= 11 is 0. The first-order valence-corrected chi connectivity index (χ1v) is 6.42. The van der Waals surface area contributed by atoms with Crippen molar-refractivity contribution >= 4 is 5.91 Å². The molecule has 1 heterocycles. The van der Waals surface area contributed by atoms with Gasteiger partial charge in [0.25, 0.3) is 5.91 Å². The van der Waals surface area contributed by atoms with Crippen LogP contribution in [0.5, 0.6) is 0 Å². The van der Waals surface area contributed by atoms with Crippen molar-refractivity contribution < 1.29 is 18.7 Å². The van der Waals surface area contributed by atoms with Gasteiger partial charge in [-0.05, 0) is 13.0 Å². The van der Waals surface area contributed by atoms with E-state index in [0.717, 1.165) is 6.54 Å². The van der Waals surface area contributed by atoms with Gasteiger partial charge in [-0.25, -0.2) is 5.84 Å². The van der Waals surface area contributed by atoms with E-state index in [4.69, 9.17) is 19.7 Å². The highest BCUT2D eigenvalue weighted by molar-refractivity contribution is 5.93. The number of rotatable bonds is 9. The lowest BCUT2D eigenvalue weighted by molar-refractivity contribution is 0.0664. The molecule has 1 aromatic rings. The molecule has 1 unspecified atom stereocenters. The number of amides is 1. The minimum atomic E-state index is -0.367. The quantitative estimate of drug-likeness (QED) is 0.387. The molecule has 0 spiro atoms. The van der Waals surface area contributed by atoms with Crippen LogP contribution >= 0.6 is 0 Å². The summed E-state index contributed by atoms with van der Waals surface area (Å²) < 4.78 is 15.7. The molecule has 0 aromatic carbocycles. The molecule has 0 fully saturated rings. The van der Waals surface area contributed by atoms with E-state index in [1.54, 1.807) is 20.3 Å². The van der Waals surface area contributed by atoms with E-state index < -0.39 is 0 Å². The zero-order valence-electron chi connectivity index (χ0n) is 12.2. The fraction of sp³-hybridized carbons (Fsp3) is 0.615. The summed E-state index contributed by atoms with van der Waals surface area (Å²) in [5, 5.41) is 0. The Bertz CT molecular complexity index is 408. The fourth-order valence-corrected chi connectivity index (χ4v) is 1.88. The highest BCUT2D eigenvalue weighted by Gasteiger charge is 2.17. The maximum atomic E-state index is 11.4. The predicted octanol–water partition coefficient (Wildman–Crippen LogP) is 0.366. The third-order valence-electron chi connectivity index (χ3n) is 3.02. The summed E-state index contributed by atoms with van der Waals surface area (Å²) in [6.45, 7) is 4.62. The number of methoxy groups -OCH3 is 2. The molecule has 1 rings (SSSR count). The molecule has 0 aliphatic heterocycles. The van der Waals surface area contributed by atoms with Crippen LogP contribution in [0.25, 0.3) is 0 Å². The van der Waals surface area contributed by atoms with Crippen molar-refractivity contribution in [3.05, 3.63) is 23.7 Å². The minimum Gasteiger partial charge on any atom is -0.467 e. The number of nitrogens with zero attached hydrogens (tertiary/aromatic N) is 1. The van der Waals surface area contributed by atoms with Gasteiger partial charge < -0.3 is 13.9 Å². The van der Waals surface area contributed by atoms with E-state index >= 15 is 0 Å². The first-order valence-electron chi connectivity index (χ1n) is 6.42. The van der Waals surface area contributed by atoms with Gasteiger partial charge in [0.05, 0.1) is 25.3 Å². The molecule has 7 nitrogen and oxygen atoms in total. The van der Waals surface area contributed by atoms with Gasteiger partial charge in [-0.2, -0.15) is 0 Å². The third-order valence-corrected chi connectivity index (χ3v) is 3.02. The molecule has 0 aliphatic carbocycles. The Balaban J connectivity index is 2.67. The number of hydrogen-bond acceptors (Lipinski definition) is 6. The van der Waals surface area contributed by atoms with Gasteiger partial charge in [-0.15, -0.1) is 0 Å². The molecule has 7 heteroatoms. The van der Waals surface area contributed by atoms with Crippen LogP contribution in [-0.4, -0.2) is 50.8 Å². The Labute approximate surface area is 119 Å². The Morgan fingerprint density at radius 1 is 1.50 bits per heavy atom. The largest absolute Gasteiger partial charge is 0.467 e. The summed E-state index contributed by atoms with van der Waals surface area (Å²) in [7, 11) is 3.33. The summed E-state index contributed by atoms with van der Waals surface area (Å²) in [6.07, 6.45) is 1.40. The van der Waals surface area contributed by atoms with Gasteiger partial charge in [0, 0.05) is 26.8 Å². The number of nitrogen functional groups attached to an aromatic ring is 1. The van der Waals surface area contributed by atoms with Crippen LogP contribution in [-0.2, 0) is 16.0 Å². The van der Waals surface area contributed by atoms with Gasteiger partial charge in [-0.3, -0.25) is 15.1 Å². The van der Waals surface area contributed by atoms with E-state index in [-0.39, 0.29) is 11.9 Å². The summed E-state index contributed by atoms with van der Waals surface area (Å²) in [5.74, 6) is 5.41. The Hall–Kier alpha value is -1.41. The van der Waals surface area contributed by atoms with Crippen LogP contribution < -0.4 is 11.3 Å². The second kappa shape index (κ2) is 8.70. The molecular weight excluding hydrogens is 262 g/mol. The molecule has 20 heavy (non-hydrogen) atoms. The molecule has 0 saturated heterocycles. The number of ether oxygens (including phenoxy) is 2. The molecule has 114 valence electrons. The van der Waals surface area contributed by atoms with Crippen molar-refractivity contribution in [1.82, 2.24) is 10.3 Å². The van der Waals surface area contributed by atoms with Crippen LogP contribution in [0.4, 0.5) is 0 Å². The van der Waals surface area contributed by atoms with Crippen LogP contribution in [0.3, 0.4) is 0 Å². The topological polar surface area (TPSA) is 90.0 Å². The number of nitrogens with two attached hydrogens (primary N) is 1. The minimum absolute atomic E-state index is 0.215. The van der Waals surface area contributed by atoms with E-state index in [9.17, 15) is 4.79 Å². The lowest BCUT2D eigenvalue weighted by Crippen LogP contribution is -2.37. The van der Waals surface area contributed by atoms with E-state index in [1.165, 1.54) is 6.26 Å². The Morgan fingerprint density at radius 3 is 2.85 bits per heavy atom. The fourth-order valence-electron chi connectivity index (χ4n) is 1.88. The lowest BCUT2D eigenvalue weighted by atomic mass is 10.2. The molecule has 3 N–H and O–H groups in total. The van der Waals surface area contributed by atoms with Crippen LogP contribution in [0, 0.1) is 0 Å². The summed E-state index contributed by atoms with van der Waals surface area (Å²) in [6, 6.07) is 1.90. The molecule has 1 amide bonds. The third kappa shape index (κ3) is 4.93. The number of furan rings is 1. The predicted molar refractivity (Wildman–Crippen MR) is 74.0 cm³/mol. The maximum Gasteiger partial charge on any atom is 0.268 e. The van der Waals surface area contributed by atoms with Crippen LogP contribution in [0.2, 0.25) is 0 Å². The second-order valence-corrected chi connectivity index (χ2v) is 4.54. The Morgan fingerprint density at radius 2 is 2.25 bits per heavy atom. The number of nitrogens with one attached hydrogen (secondary N) is 1. The number of carbonyl (C=O) groups excluding carboxylic acids is 1. The first-order chi connectivity index (χ1) is 9.62. The molecule has 0 saturated carbocycles. The molecular formula is C13H23N3O4. The Kier molecular flexibility index (Phi) is 7.24. The molecule has 0 bridgehead atoms. The SMILES string of the molecule is COCCN(Cc1cc(C(=O)NN)co1)C(C)COC. The molecule has 1 atom stereocenters. The maximum absolute atomic E-state index is 11.4. The average Bonchev–Trinajstić information content (AvgIpc) is 2.91. The zero-order valence-corrected chi connectivity index (χ0v) is 12.2. The van der Waals surface area contributed by atoms with Crippen LogP contribution in [0.1, 0.15) is 23.0 Å². The van der Waals surface area contributed by atoms with Crippen molar-refractivity contribution in [2.75, 3.05) is 34.0 Å². The highest BCUT2D eigenvalue weighted by Crippen LogP contribution is 2.13. The lowest BCUT2D eigenvalue weighted by Gasteiger charge is -2.27. The first kappa shape index (κ1) is 16.6. The van der Waals surface area contributed by atoms with Crippen molar-refractivity contribution in [2.24, 2.45) is 5.84 Å². The van der Waals surface area contributed by atoms with E-state index in [2.05, 4.69) is 17.2 Å². The monoisotopic (exact) mass is 285 g/mol. The van der Waals surface area contributed by atoms with E-state index in [1.807, 2.05) is 0 Å². The molecule has 0 aliphatic rings. The van der Waals surface area contributed by atoms with Crippen molar-refractivity contribution in [2.45, 2.75) is 19.5 Å². The van der Waals surface area contributed by atoms with Crippen molar-refractivity contribution in [1.29, 1.82) is 0 Å². The molecule has 1 aromatic heterocycles. The molecule has 0 radical (unpaired) electrons. The van der Waals surface area contributed by atoms with Gasteiger partial charge in [0.1, 0.15) is 12.0 Å². The number of hydrazine groups is 1.